The third-order valence-corrected chi connectivity index (χ3v) is 4.44. The second kappa shape index (κ2) is 7.49. The monoisotopic (exact) mass is 348 g/mol. The number of pyridine rings is 1. The minimum atomic E-state index is -0.311. The van der Waals surface area contributed by atoms with Gasteiger partial charge in [-0.2, -0.15) is 0 Å². The number of hydrogen-bond donors (Lipinski definition) is 1. The summed E-state index contributed by atoms with van der Waals surface area (Å²) in [6.07, 6.45) is 3.33. The van der Waals surface area contributed by atoms with E-state index in [2.05, 4.69) is 20.2 Å². The maximum absolute atomic E-state index is 12.3. The molecule has 26 heavy (non-hydrogen) atoms. The van der Waals surface area contributed by atoms with Gasteiger partial charge in [-0.25, -0.2) is 4.98 Å². The third kappa shape index (κ3) is 3.81. The summed E-state index contributed by atoms with van der Waals surface area (Å²) in [5.74, 6) is 0.637. The highest BCUT2D eigenvalue weighted by Crippen LogP contribution is 2.19. The summed E-state index contributed by atoms with van der Waals surface area (Å²) in [6.45, 7) is 2.54. The molecule has 0 saturated carbocycles. The smallest absolute Gasteiger partial charge is 0.311 e. The van der Waals surface area contributed by atoms with E-state index >= 15 is 0 Å². The van der Waals surface area contributed by atoms with Crippen molar-refractivity contribution in [2.45, 2.75) is 19.4 Å². The number of carbonyl (C=O) groups is 1. The maximum atomic E-state index is 12.3. The molecule has 6 nitrogen and oxygen atoms in total. The Balaban J connectivity index is 1.40. The van der Waals surface area contributed by atoms with Crippen LogP contribution in [0.4, 0.5) is 5.69 Å². The Bertz CT molecular complexity index is 852. The molecule has 0 spiro atoms. The van der Waals surface area contributed by atoms with E-state index in [1.807, 2.05) is 54.7 Å². The summed E-state index contributed by atoms with van der Waals surface area (Å²) in [6, 6.07) is 15.3. The fourth-order valence-electron chi connectivity index (χ4n) is 3.09. The van der Waals surface area contributed by atoms with Gasteiger partial charge in [-0.1, -0.05) is 24.3 Å². The number of carbonyl (C=O) groups excluding carboxylic acids is 1. The largest absolute Gasteiger partial charge is 0.437 e. The highest BCUT2D eigenvalue weighted by Gasteiger charge is 2.23. The van der Waals surface area contributed by atoms with Crippen molar-refractivity contribution in [3.8, 4) is 0 Å². The second-order valence-corrected chi connectivity index (χ2v) is 6.31. The average molecular weight is 348 g/mol. The molecule has 0 unspecified atom stereocenters. The molecule has 0 bridgehead atoms. The number of benzene rings is 1. The lowest BCUT2D eigenvalue weighted by atomic mass is 10.2. The predicted octanol–water partition coefficient (Wildman–Crippen LogP) is 2.92. The van der Waals surface area contributed by atoms with Crippen LogP contribution in [0.1, 0.15) is 27.8 Å². The number of anilines is 1. The van der Waals surface area contributed by atoms with Crippen LogP contribution in [0.5, 0.6) is 0 Å². The Kier molecular flexibility index (Phi) is 4.75. The van der Waals surface area contributed by atoms with E-state index in [0.29, 0.717) is 0 Å². The Morgan fingerprint density at radius 1 is 1.08 bits per heavy atom. The molecule has 132 valence electrons. The van der Waals surface area contributed by atoms with Crippen molar-refractivity contribution >= 4 is 11.6 Å². The van der Waals surface area contributed by atoms with Crippen molar-refractivity contribution in [3.63, 3.8) is 0 Å². The van der Waals surface area contributed by atoms with Crippen LogP contribution in [0.2, 0.25) is 0 Å². The molecule has 1 aliphatic rings. The first-order chi connectivity index (χ1) is 12.8. The van der Waals surface area contributed by atoms with E-state index in [1.165, 1.54) is 0 Å². The average Bonchev–Trinajstić information content (AvgIpc) is 3.00. The Labute approximate surface area is 151 Å². The van der Waals surface area contributed by atoms with Gasteiger partial charge < -0.3 is 9.73 Å². The van der Waals surface area contributed by atoms with Gasteiger partial charge in [0.05, 0.1) is 11.4 Å². The summed E-state index contributed by atoms with van der Waals surface area (Å²) in [5.41, 5.74) is 2.67. The summed E-state index contributed by atoms with van der Waals surface area (Å²) in [5, 5.41) is 2.81. The molecule has 0 fully saturated rings. The molecule has 1 N–H and O–H groups in total. The standard InChI is InChI=1S/C20H20N4O2/c25-19(22-15-6-2-1-3-7-15)20-23-17-9-12-24(13-10-18(17)26-20)14-16-8-4-5-11-21-16/h1-8,11H,9-10,12-14H2,(H,22,25). The molecule has 0 atom stereocenters. The molecule has 1 amide bonds. The maximum Gasteiger partial charge on any atom is 0.311 e. The van der Waals surface area contributed by atoms with Crippen LogP contribution >= 0.6 is 0 Å². The van der Waals surface area contributed by atoms with Crippen LogP contribution in [0, 0.1) is 0 Å². The lowest BCUT2D eigenvalue weighted by molar-refractivity contribution is 0.0988. The third-order valence-electron chi connectivity index (χ3n) is 4.44. The van der Waals surface area contributed by atoms with Gasteiger partial charge in [-0.05, 0) is 24.3 Å². The van der Waals surface area contributed by atoms with E-state index in [4.69, 9.17) is 4.42 Å². The van der Waals surface area contributed by atoms with Gasteiger partial charge >= 0.3 is 5.91 Å². The van der Waals surface area contributed by atoms with Gasteiger partial charge in [-0.3, -0.25) is 14.7 Å². The first-order valence-corrected chi connectivity index (χ1v) is 8.75. The lowest BCUT2D eigenvalue weighted by Gasteiger charge is -2.18. The van der Waals surface area contributed by atoms with E-state index in [9.17, 15) is 4.79 Å². The molecule has 1 aliphatic heterocycles. The molecule has 1 aromatic carbocycles. The van der Waals surface area contributed by atoms with Crippen molar-refractivity contribution in [2.24, 2.45) is 0 Å². The lowest BCUT2D eigenvalue weighted by Crippen LogP contribution is -2.26. The minimum Gasteiger partial charge on any atom is -0.437 e. The minimum absolute atomic E-state index is 0.136. The summed E-state index contributed by atoms with van der Waals surface area (Å²) in [4.78, 5) is 23.5. The van der Waals surface area contributed by atoms with Crippen molar-refractivity contribution in [3.05, 3.63) is 77.8 Å². The second-order valence-electron chi connectivity index (χ2n) is 6.31. The highest BCUT2D eigenvalue weighted by molar-refractivity contribution is 6.00. The van der Waals surface area contributed by atoms with Crippen LogP contribution in [-0.2, 0) is 19.4 Å². The quantitative estimate of drug-likeness (QED) is 0.785. The van der Waals surface area contributed by atoms with Crippen LogP contribution in [0.25, 0.3) is 0 Å². The van der Waals surface area contributed by atoms with E-state index < -0.39 is 0 Å². The van der Waals surface area contributed by atoms with Gasteiger partial charge in [0.2, 0.25) is 0 Å². The predicted molar refractivity (Wildman–Crippen MR) is 97.8 cm³/mol. The number of para-hydroxylation sites is 1. The van der Waals surface area contributed by atoms with Crippen molar-refractivity contribution in [2.75, 3.05) is 18.4 Å². The Morgan fingerprint density at radius 3 is 2.69 bits per heavy atom. The van der Waals surface area contributed by atoms with E-state index in [0.717, 1.165) is 55.3 Å². The number of rotatable bonds is 4. The van der Waals surface area contributed by atoms with Crippen LogP contribution < -0.4 is 5.32 Å². The van der Waals surface area contributed by atoms with Gasteiger partial charge in [0, 0.05) is 44.4 Å². The molecule has 6 heteroatoms. The van der Waals surface area contributed by atoms with Crippen LogP contribution in [-0.4, -0.2) is 33.9 Å². The van der Waals surface area contributed by atoms with E-state index in [1.54, 1.807) is 0 Å². The van der Waals surface area contributed by atoms with Crippen molar-refractivity contribution in [1.29, 1.82) is 0 Å². The molecular formula is C20H20N4O2. The number of nitrogens with one attached hydrogen (secondary N) is 1. The fourth-order valence-corrected chi connectivity index (χ4v) is 3.09. The number of aromatic nitrogens is 2. The van der Waals surface area contributed by atoms with Gasteiger partial charge in [0.25, 0.3) is 5.89 Å². The van der Waals surface area contributed by atoms with E-state index in [-0.39, 0.29) is 11.8 Å². The normalized spacial score (nSPS) is 14.5. The summed E-state index contributed by atoms with van der Waals surface area (Å²) >= 11 is 0. The zero-order valence-electron chi connectivity index (χ0n) is 14.4. The van der Waals surface area contributed by atoms with Gasteiger partial charge in [0.15, 0.2) is 0 Å². The molecule has 0 saturated heterocycles. The van der Waals surface area contributed by atoms with Gasteiger partial charge in [-0.15, -0.1) is 0 Å². The molecule has 3 heterocycles. The van der Waals surface area contributed by atoms with Crippen molar-refractivity contribution < 1.29 is 9.21 Å². The number of fused-ring (bicyclic) bond motifs is 1. The number of hydrogen-bond acceptors (Lipinski definition) is 5. The zero-order valence-corrected chi connectivity index (χ0v) is 14.4. The molecule has 0 aliphatic carbocycles. The van der Waals surface area contributed by atoms with Crippen LogP contribution in [0.3, 0.4) is 0 Å². The Morgan fingerprint density at radius 2 is 1.88 bits per heavy atom. The molecule has 2 aromatic heterocycles. The van der Waals surface area contributed by atoms with Crippen LogP contribution in [0.15, 0.2) is 59.1 Å². The van der Waals surface area contributed by atoms with Crippen molar-refractivity contribution in [1.82, 2.24) is 14.9 Å². The first kappa shape index (κ1) is 16.5. The fraction of sp³-hybridized carbons (Fsp3) is 0.250. The molecule has 3 aromatic rings. The molecule has 0 radical (unpaired) electrons. The summed E-state index contributed by atoms with van der Waals surface area (Å²) in [7, 11) is 0. The molecular weight excluding hydrogens is 328 g/mol. The number of oxazole rings is 1. The summed E-state index contributed by atoms with van der Waals surface area (Å²) < 4.78 is 5.75. The topological polar surface area (TPSA) is 71.3 Å². The van der Waals surface area contributed by atoms with Gasteiger partial charge in [0.1, 0.15) is 5.76 Å². The highest BCUT2D eigenvalue weighted by atomic mass is 16.4. The molecule has 4 rings (SSSR count). The number of amides is 1. The first-order valence-electron chi connectivity index (χ1n) is 8.75. The SMILES string of the molecule is O=C(Nc1ccccc1)c1nc2c(o1)CCN(Cc1ccccn1)CC2. The number of nitrogens with zero attached hydrogens (tertiary/aromatic N) is 3. The zero-order chi connectivity index (χ0) is 17.8. The Hall–Kier alpha value is -2.99.